The quantitative estimate of drug-likeness (QED) is 0.421. The molecule has 1 nitrogen and oxygen atoms in total. The van der Waals surface area contributed by atoms with E-state index >= 15 is 0 Å². The molecule has 1 aromatic heterocycles. The Kier molecular flexibility index (Phi) is 5.79. The molecule has 0 amide bonds. The van der Waals surface area contributed by atoms with Gasteiger partial charge in [0.25, 0.3) is 0 Å². The van der Waals surface area contributed by atoms with Crippen LogP contribution in [-0.4, -0.2) is 13.4 Å². The first-order valence-electron chi connectivity index (χ1n) is 7.07. The molecule has 1 atom stereocenters. The molecule has 0 fully saturated rings. The molecule has 0 saturated carbocycles. The van der Waals surface area contributed by atoms with Crippen LogP contribution in [0.4, 0.5) is 0 Å². The van der Waals surface area contributed by atoms with Crippen molar-refractivity contribution < 1.29 is 21.1 Å². The first-order chi connectivity index (χ1) is 8.79. The van der Waals surface area contributed by atoms with Gasteiger partial charge < -0.3 is 0 Å². The minimum absolute atomic E-state index is 0. The maximum Gasteiger partial charge on any atom is 0.125 e. The molecular weight excluding hydrogens is 461 g/mol. The zero-order valence-electron chi connectivity index (χ0n) is 13.2. The van der Waals surface area contributed by atoms with Crippen molar-refractivity contribution in [2.75, 3.05) is 0 Å². The first-order valence-corrected chi connectivity index (χ1v) is 11.0. The predicted molar refractivity (Wildman–Crippen MR) is 88.6 cm³/mol. The molecular formula is C16H24NPtSSi-. The van der Waals surface area contributed by atoms with E-state index in [2.05, 4.69) is 57.9 Å². The van der Waals surface area contributed by atoms with E-state index in [0.717, 1.165) is 0 Å². The maximum absolute atomic E-state index is 5.07. The Hall–Kier alpha value is 0.0152. The Morgan fingerprint density at radius 1 is 1.40 bits per heavy atom. The fourth-order valence-corrected chi connectivity index (χ4v) is 7.10. The Balaban J connectivity index is 0.00000200. The minimum atomic E-state index is -1.53. The summed E-state index contributed by atoms with van der Waals surface area (Å²) >= 11 is 1.80. The smallest absolute Gasteiger partial charge is 0.125 e. The molecule has 4 heteroatoms. The second-order valence-corrected chi connectivity index (χ2v) is 11.7. The standard InChI is InChI=1S/C16H24NSSi.Pt/c1-7-12(2)13-11-19(5,6)15(17-13)16(3,4)14-9-8-10-18-14;/h8,10-12H,7H2,1-6H3;/q-1;. The van der Waals surface area contributed by atoms with Crippen LogP contribution in [0.3, 0.4) is 0 Å². The fraction of sp³-hybridized carbons (Fsp3) is 0.562. The van der Waals surface area contributed by atoms with Gasteiger partial charge in [0.15, 0.2) is 0 Å². The van der Waals surface area contributed by atoms with Crippen LogP contribution in [0.5, 0.6) is 0 Å². The summed E-state index contributed by atoms with van der Waals surface area (Å²) in [7, 11) is -1.53. The summed E-state index contributed by atoms with van der Waals surface area (Å²) in [6, 6.07) is 5.41. The average molecular weight is 486 g/mol. The van der Waals surface area contributed by atoms with Gasteiger partial charge in [-0.25, -0.2) is 12.1 Å². The zero-order valence-corrected chi connectivity index (χ0v) is 17.3. The molecule has 0 N–H and O–H groups in total. The Morgan fingerprint density at radius 3 is 2.55 bits per heavy atom. The second-order valence-electron chi connectivity index (χ2n) is 6.58. The summed E-state index contributed by atoms with van der Waals surface area (Å²) in [6.07, 6.45) is 1.17. The molecule has 114 valence electrons. The van der Waals surface area contributed by atoms with Crippen molar-refractivity contribution in [2.45, 2.75) is 52.6 Å². The molecule has 0 saturated heterocycles. The molecule has 2 rings (SSSR count). The van der Waals surface area contributed by atoms with E-state index in [1.807, 2.05) is 6.07 Å². The van der Waals surface area contributed by atoms with Crippen molar-refractivity contribution in [2.24, 2.45) is 10.9 Å². The fourth-order valence-electron chi connectivity index (χ4n) is 2.83. The minimum Gasteiger partial charge on any atom is -0.269 e. The summed E-state index contributed by atoms with van der Waals surface area (Å²) in [6.45, 7) is 14.0. The van der Waals surface area contributed by atoms with Gasteiger partial charge in [0, 0.05) is 37.5 Å². The molecule has 0 bridgehead atoms. The summed E-state index contributed by atoms with van der Waals surface area (Å²) in [5, 5.41) is 3.53. The summed E-state index contributed by atoms with van der Waals surface area (Å²) in [4.78, 5) is 6.38. The Labute approximate surface area is 142 Å². The molecule has 0 radical (unpaired) electrons. The Morgan fingerprint density at radius 2 is 2.05 bits per heavy atom. The van der Waals surface area contributed by atoms with E-state index in [1.54, 1.807) is 11.3 Å². The maximum atomic E-state index is 5.07. The third kappa shape index (κ3) is 3.26. The van der Waals surface area contributed by atoms with E-state index in [-0.39, 0.29) is 26.5 Å². The van der Waals surface area contributed by atoms with Crippen molar-refractivity contribution in [3.8, 4) is 0 Å². The summed E-state index contributed by atoms with van der Waals surface area (Å²) in [5.41, 5.74) is 3.83. The van der Waals surface area contributed by atoms with E-state index in [1.165, 1.54) is 22.3 Å². The van der Waals surface area contributed by atoms with Crippen LogP contribution in [0.2, 0.25) is 13.1 Å². The van der Waals surface area contributed by atoms with Crippen molar-refractivity contribution in [3.05, 3.63) is 33.8 Å². The van der Waals surface area contributed by atoms with Crippen LogP contribution in [0.15, 0.2) is 27.8 Å². The number of aliphatic imine (C=N–C) groups is 1. The van der Waals surface area contributed by atoms with E-state index in [9.17, 15) is 0 Å². The van der Waals surface area contributed by atoms with Gasteiger partial charge in [-0.1, -0.05) is 51.4 Å². The van der Waals surface area contributed by atoms with Gasteiger partial charge in [0.2, 0.25) is 0 Å². The number of nitrogens with zero attached hydrogens (tertiary/aromatic N) is 1. The van der Waals surface area contributed by atoms with Crippen LogP contribution in [-0.2, 0) is 26.5 Å². The van der Waals surface area contributed by atoms with Gasteiger partial charge in [-0.3, -0.25) is 16.3 Å². The monoisotopic (exact) mass is 485 g/mol. The molecule has 0 aromatic carbocycles. The number of hydrogen-bond acceptors (Lipinski definition) is 2. The summed E-state index contributed by atoms with van der Waals surface area (Å²) in [5.74, 6) is 0.576. The summed E-state index contributed by atoms with van der Waals surface area (Å²) < 4.78 is 0. The largest absolute Gasteiger partial charge is 0.269 e. The molecule has 1 unspecified atom stereocenters. The van der Waals surface area contributed by atoms with Gasteiger partial charge in [-0.05, 0) is 12.3 Å². The number of hydrogen-bond donors (Lipinski definition) is 0. The van der Waals surface area contributed by atoms with Crippen molar-refractivity contribution in [1.29, 1.82) is 0 Å². The van der Waals surface area contributed by atoms with Crippen LogP contribution in [0, 0.1) is 12.0 Å². The predicted octanol–water partition coefficient (Wildman–Crippen LogP) is 4.99. The van der Waals surface area contributed by atoms with Gasteiger partial charge in [-0.15, -0.1) is 0 Å². The second kappa shape index (κ2) is 6.42. The normalized spacial score (nSPS) is 19.1. The third-order valence-corrected chi connectivity index (χ3v) is 8.22. The van der Waals surface area contributed by atoms with Gasteiger partial charge in [-0.2, -0.15) is 5.38 Å². The number of rotatable bonds is 4. The molecule has 1 aliphatic rings. The van der Waals surface area contributed by atoms with Gasteiger partial charge >= 0.3 is 0 Å². The van der Waals surface area contributed by atoms with Crippen LogP contribution in [0.25, 0.3) is 0 Å². The van der Waals surface area contributed by atoms with Gasteiger partial charge in [0.1, 0.15) is 8.07 Å². The molecule has 1 aliphatic heterocycles. The topological polar surface area (TPSA) is 12.4 Å². The molecule has 0 aliphatic carbocycles. The zero-order chi connectivity index (χ0) is 14.3. The molecule has 20 heavy (non-hydrogen) atoms. The molecule has 1 aromatic rings. The van der Waals surface area contributed by atoms with Crippen LogP contribution < -0.4 is 0 Å². The third-order valence-electron chi connectivity index (χ3n) is 4.11. The van der Waals surface area contributed by atoms with Crippen LogP contribution >= 0.6 is 11.3 Å². The van der Waals surface area contributed by atoms with E-state index in [0.29, 0.717) is 5.92 Å². The molecule has 0 spiro atoms. The van der Waals surface area contributed by atoms with Crippen LogP contribution in [0.1, 0.15) is 39.0 Å². The number of thiophene rings is 1. The average Bonchev–Trinajstić information content (AvgIpc) is 2.95. The SMILES string of the molecule is CCC(C)C1=C[Si](C)(C)C(C(C)(C)c2[c-]ccs2)=N1.[Pt]. The molecule has 2 heterocycles. The first kappa shape index (κ1) is 18.1. The van der Waals surface area contributed by atoms with E-state index in [4.69, 9.17) is 4.99 Å². The number of allylic oxidation sites excluding steroid dienone is 1. The Bertz CT molecular complexity index is 515. The van der Waals surface area contributed by atoms with Crippen molar-refractivity contribution >= 4 is 24.7 Å². The van der Waals surface area contributed by atoms with E-state index < -0.39 is 8.07 Å². The van der Waals surface area contributed by atoms with Crippen molar-refractivity contribution in [1.82, 2.24) is 0 Å². The van der Waals surface area contributed by atoms with Crippen molar-refractivity contribution in [3.63, 3.8) is 0 Å². The van der Waals surface area contributed by atoms with Gasteiger partial charge in [0.05, 0.1) is 0 Å².